The van der Waals surface area contributed by atoms with Crippen LogP contribution < -0.4 is 15.5 Å². The van der Waals surface area contributed by atoms with Crippen molar-refractivity contribution in [3.05, 3.63) is 59.7 Å². The average Bonchev–Trinajstić information content (AvgIpc) is 2.98. The molecule has 28 heavy (non-hydrogen) atoms. The molecular formula is C22H27F2N3O. The molecule has 6 heteroatoms. The van der Waals surface area contributed by atoms with Crippen LogP contribution in [0.1, 0.15) is 44.2 Å². The monoisotopic (exact) mass is 387 g/mol. The zero-order valence-electron chi connectivity index (χ0n) is 16.2. The van der Waals surface area contributed by atoms with Gasteiger partial charge < -0.3 is 15.5 Å². The molecule has 2 aromatic rings. The number of anilines is 2. The van der Waals surface area contributed by atoms with Gasteiger partial charge in [0, 0.05) is 30.5 Å². The van der Waals surface area contributed by atoms with Gasteiger partial charge in [0.2, 0.25) is 5.91 Å². The van der Waals surface area contributed by atoms with Crippen LogP contribution >= 0.6 is 0 Å². The van der Waals surface area contributed by atoms with Crippen LogP contribution in [0.3, 0.4) is 0 Å². The highest BCUT2D eigenvalue weighted by Crippen LogP contribution is 2.21. The standard InChI is InChI=1S/C22H27F2N3O/c1-16(17-6-11-20(23)21(24)14-17)25-15-22(28)26-18-7-9-19(10-8-18)27-12-4-2-3-5-13-27/h6-11,14,16,25H,2-5,12-13,15H2,1H3,(H,26,28)/t16-/m1/s1. The van der Waals surface area contributed by atoms with E-state index in [2.05, 4.69) is 15.5 Å². The minimum atomic E-state index is -0.889. The lowest BCUT2D eigenvalue weighted by Gasteiger charge is -2.22. The van der Waals surface area contributed by atoms with Gasteiger partial charge in [-0.25, -0.2) is 8.78 Å². The first kappa shape index (κ1) is 20.3. The molecule has 0 aromatic heterocycles. The van der Waals surface area contributed by atoms with Gasteiger partial charge in [0.05, 0.1) is 6.54 Å². The molecule has 0 aliphatic carbocycles. The van der Waals surface area contributed by atoms with Crippen molar-refractivity contribution in [3.63, 3.8) is 0 Å². The molecule has 3 rings (SSSR count). The number of nitrogens with one attached hydrogen (secondary N) is 2. The fourth-order valence-corrected chi connectivity index (χ4v) is 3.44. The number of carbonyl (C=O) groups excluding carboxylic acids is 1. The molecule has 150 valence electrons. The van der Waals surface area contributed by atoms with Gasteiger partial charge in [-0.2, -0.15) is 0 Å². The summed E-state index contributed by atoms with van der Waals surface area (Å²) in [6.07, 6.45) is 5.03. The molecule has 1 saturated heterocycles. The van der Waals surface area contributed by atoms with E-state index in [9.17, 15) is 13.6 Å². The van der Waals surface area contributed by atoms with E-state index in [-0.39, 0.29) is 18.5 Å². The second-order valence-electron chi connectivity index (χ2n) is 7.27. The molecule has 0 spiro atoms. The molecule has 4 nitrogen and oxygen atoms in total. The van der Waals surface area contributed by atoms with Gasteiger partial charge >= 0.3 is 0 Å². The Hall–Kier alpha value is -2.47. The van der Waals surface area contributed by atoms with Crippen LogP contribution in [-0.2, 0) is 4.79 Å². The summed E-state index contributed by atoms with van der Waals surface area (Å²) >= 11 is 0. The van der Waals surface area contributed by atoms with Crippen molar-refractivity contribution in [2.45, 2.75) is 38.6 Å². The molecule has 0 unspecified atom stereocenters. The zero-order chi connectivity index (χ0) is 19.9. The van der Waals surface area contributed by atoms with Crippen molar-refractivity contribution in [3.8, 4) is 0 Å². The highest BCUT2D eigenvalue weighted by atomic mass is 19.2. The number of nitrogens with zero attached hydrogens (tertiary/aromatic N) is 1. The van der Waals surface area contributed by atoms with Gasteiger partial charge in [0.1, 0.15) is 0 Å². The molecule has 0 bridgehead atoms. The summed E-state index contributed by atoms with van der Waals surface area (Å²) in [4.78, 5) is 14.6. The smallest absolute Gasteiger partial charge is 0.238 e. The van der Waals surface area contributed by atoms with Gasteiger partial charge in [-0.1, -0.05) is 18.9 Å². The Morgan fingerprint density at radius 2 is 1.68 bits per heavy atom. The van der Waals surface area contributed by atoms with Crippen LogP contribution in [0.15, 0.2) is 42.5 Å². The Balaban J connectivity index is 1.49. The number of benzene rings is 2. The summed E-state index contributed by atoms with van der Waals surface area (Å²) in [6.45, 7) is 4.04. The van der Waals surface area contributed by atoms with Crippen molar-refractivity contribution in [1.82, 2.24) is 5.32 Å². The SMILES string of the molecule is C[C@@H](NCC(=O)Nc1ccc(N2CCCCCC2)cc1)c1ccc(F)c(F)c1. The third-order valence-electron chi connectivity index (χ3n) is 5.13. The van der Waals surface area contributed by atoms with Gasteiger partial charge in [0.15, 0.2) is 11.6 Å². The fourth-order valence-electron chi connectivity index (χ4n) is 3.44. The lowest BCUT2D eigenvalue weighted by molar-refractivity contribution is -0.115. The number of amides is 1. The van der Waals surface area contributed by atoms with E-state index in [1.807, 2.05) is 24.3 Å². The molecule has 2 N–H and O–H groups in total. The van der Waals surface area contributed by atoms with Crippen molar-refractivity contribution in [1.29, 1.82) is 0 Å². The normalized spacial score (nSPS) is 15.8. The molecule has 0 radical (unpaired) electrons. The third-order valence-corrected chi connectivity index (χ3v) is 5.13. The minimum absolute atomic E-state index is 0.0774. The van der Waals surface area contributed by atoms with E-state index in [0.717, 1.165) is 30.9 Å². The van der Waals surface area contributed by atoms with Crippen molar-refractivity contribution in [2.75, 3.05) is 29.9 Å². The average molecular weight is 387 g/mol. The summed E-state index contributed by atoms with van der Waals surface area (Å²) in [6, 6.07) is 11.4. The van der Waals surface area contributed by atoms with Crippen molar-refractivity contribution in [2.24, 2.45) is 0 Å². The number of hydrogen-bond acceptors (Lipinski definition) is 3. The third kappa shape index (κ3) is 5.52. The molecule has 1 aliphatic heterocycles. The topological polar surface area (TPSA) is 44.4 Å². The Morgan fingerprint density at radius 3 is 2.32 bits per heavy atom. The lowest BCUT2D eigenvalue weighted by atomic mass is 10.1. The number of halogens is 2. The van der Waals surface area contributed by atoms with Gasteiger partial charge in [-0.15, -0.1) is 0 Å². The van der Waals surface area contributed by atoms with E-state index in [1.54, 1.807) is 6.92 Å². The maximum atomic E-state index is 13.3. The summed E-state index contributed by atoms with van der Waals surface area (Å²) in [5.41, 5.74) is 2.52. The first-order valence-corrected chi connectivity index (χ1v) is 9.86. The van der Waals surface area contributed by atoms with E-state index >= 15 is 0 Å². The first-order valence-electron chi connectivity index (χ1n) is 9.86. The van der Waals surface area contributed by atoms with E-state index in [1.165, 1.54) is 37.4 Å². The molecule has 1 amide bonds. The molecule has 2 aromatic carbocycles. The maximum Gasteiger partial charge on any atom is 0.238 e. The Bertz CT molecular complexity index is 787. The van der Waals surface area contributed by atoms with E-state index in [4.69, 9.17) is 0 Å². The number of carbonyl (C=O) groups is 1. The molecule has 1 aliphatic rings. The highest BCUT2D eigenvalue weighted by molar-refractivity contribution is 5.92. The van der Waals surface area contributed by atoms with Crippen LogP contribution in [0, 0.1) is 11.6 Å². The van der Waals surface area contributed by atoms with Crippen LogP contribution in [0.5, 0.6) is 0 Å². The molecule has 1 atom stereocenters. The summed E-state index contributed by atoms with van der Waals surface area (Å²) in [7, 11) is 0. The Kier molecular flexibility index (Phi) is 6.98. The predicted molar refractivity (Wildman–Crippen MR) is 109 cm³/mol. The van der Waals surface area contributed by atoms with E-state index < -0.39 is 11.6 Å². The summed E-state index contributed by atoms with van der Waals surface area (Å²) in [5.74, 6) is -1.95. The highest BCUT2D eigenvalue weighted by Gasteiger charge is 2.12. The number of rotatable bonds is 6. The molecule has 1 heterocycles. The van der Waals surface area contributed by atoms with Crippen LogP contribution in [-0.4, -0.2) is 25.5 Å². The second kappa shape index (κ2) is 9.64. The summed E-state index contributed by atoms with van der Waals surface area (Å²) in [5, 5.41) is 5.88. The van der Waals surface area contributed by atoms with Crippen molar-refractivity contribution >= 4 is 17.3 Å². The largest absolute Gasteiger partial charge is 0.372 e. The predicted octanol–water partition coefficient (Wildman–Crippen LogP) is 4.63. The second-order valence-corrected chi connectivity index (χ2v) is 7.27. The minimum Gasteiger partial charge on any atom is -0.372 e. The van der Waals surface area contributed by atoms with Gasteiger partial charge in [-0.05, 0) is 61.7 Å². The first-order chi connectivity index (χ1) is 13.5. The zero-order valence-corrected chi connectivity index (χ0v) is 16.2. The Morgan fingerprint density at radius 1 is 1.00 bits per heavy atom. The van der Waals surface area contributed by atoms with Crippen LogP contribution in [0.25, 0.3) is 0 Å². The van der Waals surface area contributed by atoms with E-state index in [0.29, 0.717) is 5.56 Å². The van der Waals surface area contributed by atoms with Crippen LogP contribution in [0.2, 0.25) is 0 Å². The van der Waals surface area contributed by atoms with Crippen LogP contribution in [0.4, 0.5) is 20.2 Å². The lowest BCUT2D eigenvalue weighted by Crippen LogP contribution is -2.30. The molecular weight excluding hydrogens is 360 g/mol. The van der Waals surface area contributed by atoms with Gasteiger partial charge in [-0.3, -0.25) is 4.79 Å². The fraction of sp³-hybridized carbons (Fsp3) is 0.409. The van der Waals surface area contributed by atoms with Gasteiger partial charge in [0.25, 0.3) is 0 Å². The summed E-state index contributed by atoms with van der Waals surface area (Å²) < 4.78 is 26.4. The molecule has 0 saturated carbocycles. The maximum absolute atomic E-state index is 13.3. The Labute approximate surface area is 164 Å². The van der Waals surface area contributed by atoms with Crippen molar-refractivity contribution < 1.29 is 13.6 Å². The quantitative estimate of drug-likeness (QED) is 0.759. The number of hydrogen-bond donors (Lipinski definition) is 2. The molecule has 1 fully saturated rings.